The van der Waals surface area contributed by atoms with Crippen LogP contribution in [0.15, 0.2) is 35.6 Å². The summed E-state index contributed by atoms with van der Waals surface area (Å²) >= 11 is 0. The summed E-state index contributed by atoms with van der Waals surface area (Å²) in [5.74, 6) is 1.53. The first-order valence-electron chi connectivity index (χ1n) is 5.73. The number of ether oxygens (including phenoxy) is 2. The van der Waals surface area contributed by atoms with Crippen LogP contribution in [0.3, 0.4) is 0 Å². The molecule has 3 rings (SSSR count). The summed E-state index contributed by atoms with van der Waals surface area (Å²) in [5.41, 5.74) is 8.00. The molecule has 0 atom stereocenters. The zero-order valence-electron chi connectivity index (χ0n) is 10.3. The summed E-state index contributed by atoms with van der Waals surface area (Å²) in [4.78, 5) is 12.4. The van der Waals surface area contributed by atoms with E-state index in [0.717, 1.165) is 17.0 Å². The van der Waals surface area contributed by atoms with Gasteiger partial charge in [-0.15, -0.1) is 0 Å². The molecular formula is C13H12N4O2. The summed E-state index contributed by atoms with van der Waals surface area (Å²) in [5, 5.41) is 0. The Bertz CT molecular complexity index is 638. The highest BCUT2D eigenvalue weighted by atomic mass is 16.5. The van der Waals surface area contributed by atoms with Crippen molar-refractivity contribution in [3.05, 3.63) is 36.2 Å². The van der Waals surface area contributed by atoms with E-state index in [1.54, 1.807) is 7.11 Å². The molecule has 0 saturated heterocycles. The van der Waals surface area contributed by atoms with Crippen LogP contribution in [0, 0.1) is 0 Å². The van der Waals surface area contributed by atoms with Crippen molar-refractivity contribution >= 4 is 17.2 Å². The number of hydrogen-bond donors (Lipinski definition) is 1. The topological polar surface area (TPSA) is 82.6 Å². The van der Waals surface area contributed by atoms with E-state index in [2.05, 4.69) is 15.0 Å². The van der Waals surface area contributed by atoms with E-state index in [0.29, 0.717) is 24.0 Å². The number of fused-ring (bicyclic) bond motifs is 1. The van der Waals surface area contributed by atoms with Crippen molar-refractivity contribution in [2.45, 2.75) is 0 Å². The Morgan fingerprint density at radius 1 is 1.21 bits per heavy atom. The van der Waals surface area contributed by atoms with Crippen molar-refractivity contribution in [1.29, 1.82) is 0 Å². The van der Waals surface area contributed by atoms with E-state index >= 15 is 0 Å². The first-order valence-corrected chi connectivity index (χ1v) is 5.73. The smallest absolute Gasteiger partial charge is 0.245 e. The third-order valence-electron chi connectivity index (χ3n) is 2.83. The van der Waals surface area contributed by atoms with Crippen molar-refractivity contribution in [3.8, 4) is 11.6 Å². The van der Waals surface area contributed by atoms with Gasteiger partial charge in [0, 0.05) is 0 Å². The SMILES string of the molecule is COc1ccc(C2=Nc3c(N)ncnc3OC2)cc1. The average molecular weight is 256 g/mol. The molecule has 19 heavy (non-hydrogen) atoms. The molecule has 0 spiro atoms. The molecule has 1 aromatic heterocycles. The van der Waals surface area contributed by atoms with E-state index in [-0.39, 0.29) is 0 Å². The number of nitrogen functional groups attached to an aromatic ring is 1. The zero-order chi connectivity index (χ0) is 13.2. The highest BCUT2D eigenvalue weighted by molar-refractivity contribution is 6.05. The van der Waals surface area contributed by atoms with Gasteiger partial charge in [-0.1, -0.05) is 0 Å². The quantitative estimate of drug-likeness (QED) is 0.882. The second-order valence-corrected chi connectivity index (χ2v) is 3.99. The number of aliphatic imine (C=N–C) groups is 1. The molecule has 0 aliphatic carbocycles. The van der Waals surface area contributed by atoms with Gasteiger partial charge in [0.05, 0.1) is 12.8 Å². The summed E-state index contributed by atoms with van der Waals surface area (Å²) in [6, 6.07) is 7.59. The highest BCUT2D eigenvalue weighted by Crippen LogP contribution is 2.33. The number of nitrogens with two attached hydrogens (primary N) is 1. The lowest BCUT2D eigenvalue weighted by Crippen LogP contribution is -2.17. The molecule has 2 heterocycles. The number of methoxy groups -OCH3 is 1. The number of benzene rings is 1. The Labute approximate surface area is 109 Å². The van der Waals surface area contributed by atoms with E-state index in [1.165, 1.54) is 6.33 Å². The van der Waals surface area contributed by atoms with Crippen LogP contribution in [-0.2, 0) is 0 Å². The average Bonchev–Trinajstić information content (AvgIpc) is 2.47. The predicted molar refractivity (Wildman–Crippen MR) is 71.1 cm³/mol. The first-order chi connectivity index (χ1) is 9.28. The van der Waals surface area contributed by atoms with Crippen LogP contribution in [-0.4, -0.2) is 29.4 Å². The lowest BCUT2D eigenvalue weighted by molar-refractivity contribution is 0.357. The maximum atomic E-state index is 5.77. The Morgan fingerprint density at radius 3 is 2.74 bits per heavy atom. The minimum absolute atomic E-state index is 0.315. The van der Waals surface area contributed by atoms with Gasteiger partial charge < -0.3 is 15.2 Å². The summed E-state index contributed by atoms with van der Waals surface area (Å²) in [7, 11) is 1.63. The first kappa shape index (κ1) is 11.5. The highest BCUT2D eigenvalue weighted by Gasteiger charge is 2.18. The molecule has 6 heteroatoms. The van der Waals surface area contributed by atoms with Crippen molar-refractivity contribution in [1.82, 2.24) is 9.97 Å². The van der Waals surface area contributed by atoms with Crippen molar-refractivity contribution in [3.63, 3.8) is 0 Å². The molecule has 2 N–H and O–H groups in total. The summed E-state index contributed by atoms with van der Waals surface area (Å²) < 4.78 is 10.7. The molecular weight excluding hydrogens is 244 g/mol. The molecule has 0 amide bonds. The lowest BCUT2D eigenvalue weighted by Gasteiger charge is -2.16. The van der Waals surface area contributed by atoms with E-state index < -0.39 is 0 Å². The van der Waals surface area contributed by atoms with Gasteiger partial charge in [0.2, 0.25) is 5.88 Å². The van der Waals surface area contributed by atoms with Gasteiger partial charge in [-0.3, -0.25) is 0 Å². The fourth-order valence-corrected chi connectivity index (χ4v) is 1.82. The van der Waals surface area contributed by atoms with Crippen LogP contribution in [0.4, 0.5) is 11.5 Å². The Hall–Kier alpha value is -2.63. The van der Waals surface area contributed by atoms with Gasteiger partial charge in [-0.25, -0.2) is 9.98 Å². The zero-order valence-corrected chi connectivity index (χ0v) is 10.3. The van der Waals surface area contributed by atoms with Crippen molar-refractivity contribution in [2.24, 2.45) is 4.99 Å². The van der Waals surface area contributed by atoms with Gasteiger partial charge >= 0.3 is 0 Å². The Morgan fingerprint density at radius 2 is 2.00 bits per heavy atom. The molecule has 1 aliphatic heterocycles. The second-order valence-electron chi connectivity index (χ2n) is 3.99. The summed E-state index contributed by atoms with van der Waals surface area (Å²) in [6.07, 6.45) is 1.36. The molecule has 96 valence electrons. The minimum atomic E-state index is 0.315. The number of rotatable bonds is 2. The molecule has 0 radical (unpaired) electrons. The molecule has 0 bridgehead atoms. The predicted octanol–water partition coefficient (Wildman–Crippen LogP) is 1.58. The van der Waals surface area contributed by atoms with E-state index in [4.69, 9.17) is 15.2 Å². The van der Waals surface area contributed by atoms with E-state index in [9.17, 15) is 0 Å². The van der Waals surface area contributed by atoms with Crippen LogP contribution in [0.25, 0.3) is 0 Å². The molecule has 0 fully saturated rings. The molecule has 2 aromatic rings. The van der Waals surface area contributed by atoms with Crippen LogP contribution in [0.2, 0.25) is 0 Å². The largest absolute Gasteiger partial charge is 0.497 e. The second kappa shape index (κ2) is 4.56. The Kier molecular flexibility index (Phi) is 2.75. The van der Waals surface area contributed by atoms with Crippen LogP contribution >= 0.6 is 0 Å². The maximum Gasteiger partial charge on any atom is 0.245 e. The number of hydrogen-bond acceptors (Lipinski definition) is 6. The molecule has 1 aliphatic rings. The number of anilines is 1. The molecule has 0 unspecified atom stereocenters. The van der Waals surface area contributed by atoms with Crippen molar-refractivity contribution < 1.29 is 9.47 Å². The van der Waals surface area contributed by atoms with Crippen LogP contribution in [0.5, 0.6) is 11.6 Å². The minimum Gasteiger partial charge on any atom is -0.497 e. The van der Waals surface area contributed by atoms with Gasteiger partial charge in [0.1, 0.15) is 18.7 Å². The van der Waals surface area contributed by atoms with Gasteiger partial charge in [-0.2, -0.15) is 4.98 Å². The van der Waals surface area contributed by atoms with Crippen LogP contribution in [0.1, 0.15) is 5.56 Å². The van der Waals surface area contributed by atoms with Gasteiger partial charge in [0.15, 0.2) is 11.5 Å². The molecule has 1 aromatic carbocycles. The van der Waals surface area contributed by atoms with Crippen molar-refractivity contribution in [2.75, 3.05) is 19.5 Å². The van der Waals surface area contributed by atoms with Crippen LogP contribution < -0.4 is 15.2 Å². The number of aromatic nitrogens is 2. The monoisotopic (exact) mass is 256 g/mol. The van der Waals surface area contributed by atoms with E-state index in [1.807, 2.05) is 24.3 Å². The maximum absolute atomic E-state index is 5.77. The Balaban J connectivity index is 2.00. The standard InChI is InChI=1S/C13H12N4O2/c1-18-9-4-2-8(3-5-9)10-6-19-13-11(17-10)12(14)15-7-16-13/h2-5,7H,6H2,1H3,(H2,14,15,16). The lowest BCUT2D eigenvalue weighted by atomic mass is 10.1. The normalized spacial score (nSPS) is 13.2. The third-order valence-corrected chi connectivity index (χ3v) is 2.83. The summed E-state index contributed by atoms with van der Waals surface area (Å²) in [6.45, 7) is 0.357. The number of nitrogens with zero attached hydrogens (tertiary/aromatic N) is 3. The van der Waals surface area contributed by atoms with Gasteiger partial charge in [-0.05, 0) is 29.8 Å². The third kappa shape index (κ3) is 2.08. The fourth-order valence-electron chi connectivity index (χ4n) is 1.82. The molecule has 6 nitrogen and oxygen atoms in total. The fraction of sp³-hybridized carbons (Fsp3) is 0.154. The molecule has 0 saturated carbocycles. The van der Waals surface area contributed by atoms with Gasteiger partial charge in [0.25, 0.3) is 0 Å².